The van der Waals surface area contributed by atoms with Crippen molar-refractivity contribution in [1.82, 2.24) is 15.2 Å². The quantitative estimate of drug-likeness (QED) is 0.907. The Morgan fingerprint density at radius 3 is 2.90 bits per heavy atom. The highest BCUT2D eigenvalue weighted by atomic mass is 16.1. The third-order valence-corrected chi connectivity index (χ3v) is 3.98. The number of carbonyl (C=O) groups excluding carboxylic acids is 1. The van der Waals surface area contributed by atoms with Crippen molar-refractivity contribution in [2.24, 2.45) is 0 Å². The predicted molar refractivity (Wildman–Crippen MR) is 79.7 cm³/mol. The average molecular weight is 269 g/mol. The van der Waals surface area contributed by atoms with Crippen LogP contribution in [0.1, 0.15) is 23.2 Å². The lowest BCUT2D eigenvalue weighted by Gasteiger charge is -2.29. The number of rotatable bonds is 2. The summed E-state index contributed by atoms with van der Waals surface area (Å²) in [6, 6.07) is 7.96. The second-order valence-corrected chi connectivity index (χ2v) is 5.45. The summed E-state index contributed by atoms with van der Waals surface area (Å²) in [6.45, 7) is 2.09. The molecule has 0 aliphatic carbocycles. The second kappa shape index (κ2) is 5.59. The van der Waals surface area contributed by atoms with Crippen molar-refractivity contribution in [2.45, 2.75) is 18.9 Å². The van der Waals surface area contributed by atoms with Gasteiger partial charge in [-0.05, 0) is 50.5 Å². The number of aromatic nitrogens is 1. The summed E-state index contributed by atoms with van der Waals surface area (Å²) in [5.41, 5.74) is 0.740. The van der Waals surface area contributed by atoms with E-state index < -0.39 is 0 Å². The maximum Gasteiger partial charge on any atom is 0.252 e. The minimum Gasteiger partial charge on any atom is -0.349 e. The molecule has 1 aromatic heterocycles. The highest BCUT2D eigenvalue weighted by molar-refractivity contribution is 6.06. The zero-order valence-electron chi connectivity index (χ0n) is 11.7. The third-order valence-electron chi connectivity index (χ3n) is 3.98. The molecular formula is C16H19N3O. The lowest BCUT2D eigenvalue weighted by atomic mass is 10.0. The molecule has 1 aliphatic heterocycles. The molecule has 1 aliphatic rings. The fourth-order valence-corrected chi connectivity index (χ4v) is 2.74. The molecule has 2 heterocycles. The number of likely N-dealkylation sites (tertiary alicyclic amines) is 1. The fourth-order valence-electron chi connectivity index (χ4n) is 2.74. The van der Waals surface area contributed by atoms with E-state index in [1.807, 2.05) is 24.3 Å². The lowest BCUT2D eigenvalue weighted by Crippen LogP contribution is -2.43. The normalized spacial score (nSPS) is 17.2. The molecule has 4 nitrogen and oxygen atoms in total. The van der Waals surface area contributed by atoms with Crippen LogP contribution in [0.25, 0.3) is 10.8 Å². The molecule has 0 spiro atoms. The minimum absolute atomic E-state index is 0.0244. The molecule has 1 amide bonds. The van der Waals surface area contributed by atoms with E-state index in [0.29, 0.717) is 0 Å². The van der Waals surface area contributed by atoms with Gasteiger partial charge in [-0.15, -0.1) is 0 Å². The summed E-state index contributed by atoms with van der Waals surface area (Å²) in [6.07, 6.45) is 5.57. The predicted octanol–water partition coefficient (Wildman–Crippen LogP) is 2.06. The zero-order valence-corrected chi connectivity index (χ0v) is 11.7. The summed E-state index contributed by atoms with van der Waals surface area (Å²) in [5, 5.41) is 5.13. The third kappa shape index (κ3) is 2.65. The number of nitrogens with zero attached hydrogens (tertiary/aromatic N) is 2. The van der Waals surface area contributed by atoms with Gasteiger partial charge < -0.3 is 10.2 Å². The molecule has 3 rings (SSSR count). The molecular weight excluding hydrogens is 250 g/mol. The monoisotopic (exact) mass is 269 g/mol. The zero-order chi connectivity index (χ0) is 13.9. The van der Waals surface area contributed by atoms with Gasteiger partial charge in [-0.1, -0.05) is 12.1 Å². The van der Waals surface area contributed by atoms with Crippen molar-refractivity contribution >= 4 is 16.7 Å². The Morgan fingerprint density at radius 2 is 2.10 bits per heavy atom. The summed E-state index contributed by atoms with van der Waals surface area (Å²) < 4.78 is 0. The number of amides is 1. The topological polar surface area (TPSA) is 45.2 Å². The first-order chi connectivity index (χ1) is 9.74. The van der Waals surface area contributed by atoms with Crippen LogP contribution in [0, 0.1) is 0 Å². The van der Waals surface area contributed by atoms with Crippen LogP contribution >= 0.6 is 0 Å². The average Bonchev–Trinajstić information content (AvgIpc) is 2.49. The Kier molecular flexibility index (Phi) is 3.65. The summed E-state index contributed by atoms with van der Waals surface area (Å²) >= 11 is 0. The number of hydrogen-bond acceptors (Lipinski definition) is 3. The van der Waals surface area contributed by atoms with E-state index >= 15 is 0 Å². The Balaban J connectivity index is 1.79. The van der Waals surface area contributed by atoms with Gasteiger partial charge in [0.25, 0.3) is 5.91 Å². The molecule has 2 aromatic rings. The van der Waals surface area contributed by atoms with Gasteiger partial charge in [0.15, 0.2) is 0 Å². The van der Waals surface area contributed by atoms with E-state index in [0.717, 1.165) is 42.3 Å². The fraction of sp³-hybridized carbons (Fsp3) is 0.375. The molecule has 104 valence electrons. The molecule has 0 atom stereocenters. The molecule has 0 radical (unpaired) electrons. The maximum atomic E-state index is 12.5. The summed E-state index contributed by atoms with van der Waals surface area (Å²) in [7, 11) is 2.12. The first-order valence-electron chi connectivity index (χ1n) is 7.06. The smallest absolute Gasteiger partial charge is 0.252 e. The van der Waals surface area contributed by atoms with Crippen molar-refractivity contribution in [1.29, 1.82) is 0 Å². The van der Waals surface area contributed by atoms with Gasteiger partial charge in [0.1, 0.15) is 0 Å². The van der Waals surface area contributed by atoms with Crippen LogP contribution in [-0.2, 0) is 0 Å². The van der Waals surface area contributed by atoms with Crippen molar-refractivity contribution in [3.05, 3.63) is 42.2 Å². The van der Waals surface area contributed by atoms with Gasteiger partial charge in [-0.25, -0.2) is 0 Å². The van der Waals surface area contributed by atoms with Gasteiger partial charge in [-0.2, -0.15) is 0 Å². The van der Waals surface area contributed by atoms with Crippen LogP contribution in [0.2, 0.25) is 0 Å². The maximum absolute atomic E-state index is 12.5. The van der Waals surface area contributed by atoms with Gasteiger partial charge in [-0.3, -0.25) is 9.78 Å². The Bertz CT molecular complexity index is 613. The molecule has 1 fully saturated rings. The molecule has 4 heteroatoms. The van der Waals surface area contributed by atoms with Crippen LogP contribution in [0.5, 0.6) is 0 Å². The second-order valence-electron chi connectivity index (χ2n) is 5.45. The highest BCUT2D eigenvalue weighted by Gasteiger charge is 2.19. The van der Waals surface area contributed by atoms with Crippen LogP contribution in [0.4, 0.5) is 0 Å². The van der Waals surface area contributed by atoms with E-state index in [4.69, 9.17) is 0 Å². The molecule has 1 aromatic carbocycles. The molecule has 20 heavy (non-hydrogen) atoms. The number of fused-ring (bicyclic) bond motifs is 1. The Labute approximate surface area is 118 Å². The van der Waals surface area contributed by atoms with E-state index in [2.05, 4.69) is 22.2 Å². The largest absolute Gasteiger partial charge is 0.349 e. The Hall–Kier alpha value is -1.94. The SMILES string of the molecule is CN1CCC(NC(=O)c2cccc3cnccc23)CC1. The summed E-state index contributed by atoms with van der Waals surface area (Å²) in [4.78, 5) is 18.9. The number of carbonyl (C=O) groups is 1. The van der Waals surface area contributed by atoms with Gasteiger partial charge in [0.05, 0.1) is 0 Å². The van der Waals surface area contributed by atoms with Gasteiger partial charge in [0, 0.05) is 29.4 Å². The highest BCUT2D eigenvalue weighted by Crippen LogP contribution is 2.18. The lowest BCUT2D eigenvalue weighted by molar-refractivity contribution is 0.0918. The summed E-state index contributed by atoms with van der Waals surface area (Å²) in [5.74, 6) is 0.0244. The van der Waals surface area contributed by atoms with E-state index in [-0.39, 0.29) is 11.9 Å². The molecule has 1 saturated heterocycles. The number of piperidine rings is 1. The standard InChI is InChI=1S/C16H19N3O/c1-19-9-6-13(7-10-19)18-16(20)15-4-2-3-12-11-17-8-5-14(12)15/h2-5,8,11,13H,6-7,9-10H2,1H3,(H,18,20). The van der Waals surface area contributed by atoms with Gasteiger partial charge >= 0.3 is 0 Å². The van der Waals surface area contributed by atoms with E-state index in [1.165, 1.54) is 0 Å². The molecule has 0 saturated carbocycles. The van der Waals surface area contributed by atoms with Crippen LogP contribution in [0.3, 0.4) is 0 Å². The van der Waals surface area contributed by atoms with Crippen molar-refractivity contribution < 1.29 is 4.79 Å². The minimum atomic E-state index is 0.0244. The van der Waals surface area contributed by atoms with Gasteiger partial charge in [0.2, 0.25) is 0 Å². The number of hydrogen-bond donors (Lipinski definition) is 1. The van der Waals surface area contributed by atoms with Crippen molar-refractivity contribution in [2.75, 3.05) is 20.1 Å². The van der Waals surface area contributed by atoms with Crippen LogP contribution in [0.15, 0.2) is 36.7 Å². The number of pyridine rings is 1. The van der Waals surface area contributed by atoms with Crippen LogP contribution < -0.4 is 5.32 Å². The Morgan fingerprint density at radius 1 is 1.30 bits per heavy atom. The molecule has 0 bridgehead atoms. The van der Waals surface area contributed by atoms with Crippen molar-refractivity contribution in [3.63, 3.8) is 0 Å². The van der Waals surface area contributed by atoms with E-state index in [1.54, 1.807) is 12.4 Å². The number of benzene rings is 1. The van der Waals surface area contributed by atoms with Crippen molar-refractivity contribution in [3.8, 4) is 0 Å². The first kappa shape index (κ1) is 13.1. The molecule has 0 unspecified atom stereocenters. The molecule has 1 N–H and O–H groups in total. The van der Waals surface area contributed by atoms with E-state index in [9.17, 15) is 4.79 Å². The number of nitrogens with one attached hydrogen (secondary N) is 1. The van der Waals surface area contributed by atoms with Crippen LogP contribution in [-0.4, -0.2) is 42.0 Å². The first-order valence-corrected chi connectivity index (χ1v) is 7.06.